The van der Waals surface area contributed by atoms with E-state index in [2.05, 4.69) is 10.3 Å². The van der Waals surface area contributed by atoms with Gasteiger partial charge >= 0.3 is 0 Å². The van der Waals surface area contributed by atoms with Crippen LogP contribution in [0.25, 0.3) is 11.1 Å². The summed E-state index contributed by atoms with van der Waals surface area (Å²) in [5, 5.41) is 3.17. The lowest BCUT2D eigenvalue weighted by Crippen LogP contribution is -2.36. The van der Waals surface area contributed by atoms with E-state index in [1.54, 1.807) is 18.2 Å². The molecule has 1 amide bonds. The predicted molar refractivity (Wildman–Crippen MR) is 73.4 cm³/mol. The lowest BCUT2D eigenvalue weighted by atomic mass is 9.95. The maximum Gasteiger partial charge on any atom is 0.293 e. The molecule has 1 aliphatic carbocycles. The number of fused-ring (bicyclic) bond motifs is 1. The second-order valence-electron chi connectivity index (χ2n) is 4.96. The summed E-state index contributed by atoms with van der Waals surface area (Å²) in [4.78, 5) is 16.2. The molecule has 5 heteroatoms. The van der Waals surface area contributed by atoms with Crippen LogP contribution >= 0.6 is 11.6 Å². The molecule has 0 spiro atoms. The maximum atomic E-state index is 12.2. The number of oxazole rings is 1. The summed E-state index contributed by atoms with van der Waals surface area (Å²) in [7, 11) is 0. The molecule has 1 aromatic carbocycles. The van der Waals surface area contributed by atoms with Gasteiger partial charge in [0, 0.05) is 11.6 Å². The molecule has 1 fully saturated rings. The Morgan fingerprint density at radius 2 is 2.11 bits per heavy atom. The van der Waals surface area contributed by atoms with Crippen LogP contribution in [0, 0.1) is 0 Å². The van der Waals surface area contributed by atoms with Crippen LogP contribution < -0.4 is 5.32 Å². The van der Waals surface area contributed by atoms with Crippen LogP contribution in [-0.2, 0) is 0 Å². The Bertz CT molecular complexity index is 603. The van der Waals surface area contributed by atoms with Gasteiger partial charge in [-0.15, -0.1) is 0 Å². The molecule has 0 atom stereocenters. The number of amides is 1. The van der Waals surface area contributed by atoms with Crippen LogP contribution in [0.1, 0.15) is 42.5 Å². The van der Waals surface area contributed by atoms with Crippen molar-refractivity contribution in [3.8, 4) is 0 Å². The Morgan fingerprint density at radius 3 is 2.89 bits per heavy atom. The number of benzene rings is 1. The number of nitrogens with one attached hydrogen (secondary N) is 1. The van der Waals surface area contributed by atoms with Crippen LogP contribution in [-0.4, -0.2) is 16.9 Å². The van der Waals surface area contributed by atoms with Crippen molar-refractivity contribution in [1.29, 1.82) is 0 Å². The van der Waals surface area contributed by atoms with E-state index in [0.29, 0.717) is 22.7 Å². The Labute approximate surface area is 116 Å². The van der Waals surface area contributed by atoms with Crippen LogP contribution in [0.15, 0.2) is 22.6 Å². The molecule has 1 heterocycles. The van der Waals surface area contributed by atoms with E-state index in [1.165, 1.54) is 19.3 Å². The van der Waals surface area contributed by atoms with Crippen molar-refractivity contribution in [2.24, 2.45) is 0 Å². The first-order valence-electron chi connectivity index (χ1n) is 6.59. The molecule has 0 unspecified atom stereocenters. The molecule has 3 rings (SSSR count). The van der Waals surface area contributed by atoms with Gasteiger partial charge in [0.15, 0.2) is 5.58 Å². The smallest absolute Gasteiger partial charge is 0.293 e. The second-order valence-corrected chi connectivity index (χ2v) is 5.28. The van der Waals surface area contributed by atoms with Crippen LogP contribution in [0.2, 0.25) is 5.35 Å². The average molecular weight is 279 g/mol. The molecule has 2 aromatic rings. The zero-order valence-electron chi connectivity index (χ0n) is 10.5. The summed E-state index contributed by atoms with van der Waals surface area (Å²) >= 11 is 5.69. The molecule has 4 nitrogen and oxygen atoms in total. The predicted octanol–water partition coefficient (Wildman–Crippen LogP) is 3.54. The molecule has 1 aromatic heterocycles. The highest BCUT2D eigenvalue weighted by Crippen LogP contribution is 2.21. The first-order chi connectivity index (χ1) is 9.22. The van der Waals surface area contributed by atoms with Crippen LogP contribution in [0.4, 0.5) is 0 Å². The van der Waals surface area contributed by atoms with E-state index >= 15 is 0 Å². The molecule has 19 heavy (non-hydrogen) atoms. The minimum absolute atomic E-state index is 0.0482. The fourth-order valence-electron chi connectivity index (χ4n) is 2.56. The highest BCUT2D eigenvalue weighted by Gasteiger charge is 2.17. The van der Waals surface area contributed by atoms with Gasteiger partial charge in [0.1, 0.15) is 5.52 Å². The van der Waals surface area contributed by atoms with Gasteiger partial charge in [0.2, 0.25) is 0 Å². The average Bonchev–Trinajstić information content (AvgIpc) is 2.78. The highest BCUT2D eigenvalue weighted by molar-refractivity contribution is 6.28. The van der Waals surface area contributed by atoms with Crippen molar-refractivity contribution in [2.45, 2.75) is 38.1 Å². The first kappa shape index (κ1) is 12.5. The topological polar surface area (TPSA) is 55.1 Å². The molecule has 1 aliphatic rings. The number of nitrogens with zero attached hydrogens (tertiary/aromatic N) is 1. The zero-order chi connectivity index (χ0) is 13.2. The van der Waals surface area contributed by atoms with Gasteiger partial charge in [-0.1, -0.05) is 19.3 Å². The van der Waals surface area contributed by atoms with E-state index in [0.717, 1.165) is 12.8 Å². The van der Waals surface area contributed by atoms with Crippen LogP contribution in [0.5, 0.6) is 0 Å². The van der Waals surface area contributed by atoms with Crippen molar-refractivity contribution in [1.82, 2.24) is 10.3 Å². The molecular formula is C14H15ClN2O2. The number of hydrogen-bond acceptors (Lipinski definition) is 3. The number of halogens is 1. The minimum Gasteiger partial charge on any atom is -0.428 e. The van der Waals surface area contributed by atoms with Crippen molar-refractivity contribution < 1.29 is 9.21 Å². The van der Waals surface area contributed by atoms with Crippen molar-refractivity contribution in [3.63, 3.8) is 0 Å². The summed E-state index contributed by atoms with van der Waals surface area (Å²) in [6.07, 6.45) is 5.81. The summed E-state index contributed by atoms with van der Waals surface area (Å²) in [5.74, 6) is -0.0482. The first-order valence-corrected chi connectivity index (χ1v) is 6.97. The van der Waals surface area contributed by atoms with Gasteiger partial charge < -0.3 is 9.73 Å². The fourth-order valence-corrected chi connectivity index (χ4v) is 2.73. The Hall–Kier alpha value is -1.55. The summed E-state index contributed by atoms with van der Waals surface area (Å²) in [6, 6.07) is 5.48. The van der Waals surface area contributed by atoms with E-state index in [4.69, 9.17) is 16.0 Å². The summed E-state index contributed by atoms with van der Waals surface area (Å²) in [6.45, 7) is 0. The third-order valence-electron chi connectivity index (χ3n) is 3.56. The van der Waals surface area contributed by atoms with E-state index < -0.39 is 0 Å². The number of aromatic nitrogens is 1. The van der Waals surface area contributed by atoms with Gasteiger partial charge in [0.25, 0.3) is 11.3 Å². The van der Waals surface area contributed by atoms with Gasteiger partial charge in [-0.05, 0) is 42.6 Å². The number of rotatable bonds is 2. The summed E-state index contributed by atoms with van der Waals surface area (Å²) < 4.78 is 5.18. The molecule has 0 bridgehead atoms. The van der Waals surface area contributed by atoms with Crippen molar-refractivity contribution >= 4 is 28.6 Å². The molecular weight excluding hydrogens is 264 g/mol. The highest BCUT2D eigenvalue weighted by atomic mass is 35.5. The molecule has 0 aliphatic heterocycles. The third kappa shape index (κ3) is 2.73. The molecule has 0 radical (unpaired) electrons. The monoisotopic (exact) mass is 278 g/mol. The molecule has 0 saturated heterocycles. The quantitative estimate of drug-likeness (QED) is 0.914. The molecule has 1 N–H and O–H groups in total. The van der Waals surface area contributed by atoms with E-state index in [1.807, 2.05) is 0 Å². The van der Waals surface area contributed by atoms with Crippen LogP contribution in [0.3, 0.4) is 0 Å². The minimum atomic E-state index is -0.0482. The van der Waals surface area contributed by atoms with E-state index in [-0.39, 0.29) is 11.3 Å². The number of carbonyl (C=O) groups excluding carboxylic acids is 1. The van der Waals surface area contributed by atoms with Gasteiger partial charge in [0.05, 0.1) is 0 Å². The standard InChI is InChI=1S/C14H15ClN2O2/c15-14-17-11-8-9(6-7-12(11)19-14)13(18)16-10-4-2-1-3-5-10/h6-8,10H,1-5H2,(H,16,18). The normalized spacial score (nSPS) is 16.7. The van der Waals surface area contributed by atoms with E-state index in [9.17, 15) is 4.79 Å². The van der Waals surface area contributed by atoms with Crippen molar-refractivity contribution in [3.05, 3.63) is 29.1 Å². The Balaban J connectivity index is 1.76. The third-order valence-corrected chi connectivity index (χ3v) is 3.73. The zero-order valence-corrected chi connectivity index (χ0v) is 11.2. The lowest BCUT2D eigenvalue weighted by molar-refractivity contribution is 0.0928. The lowest BCUT2D eigenvalue weighted by Gasteiger charge is -2.22. The Morgan fingerprint density at radius 1 is 1.32 bits per heavy atom. The number of carbonyl (C=O) groups is 1. The second kappa shape index (κ2) is 5.21. The van der Waals surface area contributed by atoms with Gasteiger partial charge in [-0.3, -0.25) is 4.79 Å². The SMILES string of the molecule is O=C(NC1CCCCC1)c1ccc2oc(Cl)nc2c1. The maximum absolute atomic E-state index is 12.2. The van der Waals surface area contributed by atoms with Gasteiger partial charge in [-0.2, -0.15) is 4.98 Å². The van der Waals surface area contributed by atoms with Gasteiger partial charge in [-0.25, -0.2) is 0 Å². The molecule has 100 valence electrons. The number of hydrogen-bond donors (Lipinski definition) is 1. The largest absolute Gasteiger partial charge is 0.428 e. The van der Waals surface area contributed by atoms with Crippen molar-refractivity contribution in [2.75, 3.05) is 0 Å². The fraction of sp³-hybridized carbons (Fsp3) is 0.429. The summed E-state index contributed by atoms with van der Waals surface area (Å²) in [5.41, 5.74) is 1.81. The Kier molecular flexibility index (Phi) is 3.42. The molecule has 1 saturated carbocycles.